The molecular formula is C17H21N3O3. The third-order valence-corrected chi connectivity index (χ3v) is 4.35. The molecular weight excluding hydrogens is 294 g/mol. The summed E-state index contributed by atoms with van der Waals surface area (Å²) in [5.41, 5.74) is 2.47. The van der Waals surface area contributed by atoms with Gasteiger partial charge in [-0.15, -0.1) is 0 Å². The summed E-state index contributed by atoms with van der Waals surface area (Å²) in [5.74, 6) is -0.0784. The number of aliphatic carboxylic acids is 1. The van der Waals surface area contributed by atoms with Gasteiger partial charge in [0, 0.05) is 31.4 Å². The molecule has 1 unspecified atom stereocenters. The number of hydrogen-bond donors (Lipinski definition) is 1. The number of aromatic nitrogens is 2. The van der Waals surface area contributed by atoms with Crippen molar-refractivity contribution in [3.63, 3.8) is 0 Å². The third kappa shape index (κ3) is 3.00. The highest BCUT2D eigenvalue weighted by molar-refractivity contribution is 5.76. The third-order valence-electron chi connectivity index (χ3n) is 4.35. The van der Waals surface area contributed by atoms with Crippen LogP contribution in [0, 0.1) is 6.92 Å². The molecule has 6 heteroatoms. The van der Waals surface area contributed by atoms with Crippen molar-refractivity contribution >= 4 is 5.97 Å². The Balaban J connectivity index is 2.02. The van der Waals surface area contributed by atoms with Crippen LogP contribution >= 0.6 is 0 Å². The van der Waals surface area contributed by atoms with Crippen LogP contribution in [0.15, 0.2) is 30.3 Å². The van der Waals surface area contributed by atoms with Crippen molar-refractivity contribution in [2.75, 3.05) is 26.3 Å². The molecule has 0 radical (unpaired) electrons. The van der Waals surface area contributed by atoms with Crippen LogP contribution in [-0.4, -0.2) is 51.8 Å². The van der Waals surface area contributed by atoms with Gasteiger partial charge in [-0.2, -0.15) is 0 Å². The smallest absolute Gasteiger partial charge is 0.327 e. The lowest BCUT2D eigenvalue weighted by Gasteiger charge is -2.31. The van der Waals surface area contributed by atoms with Crippen LogP contribution < -0.4 is 0 Å². The minimum Gasteiger partial charge on any atom is -0.480 e. The second-order valence-electron chi connectivity index (χ2n) is 5.72. The molecule has 1 aromatic carbocycles. The number of imidazole rings is 1. The second kappa shape index (κ2) is 6.52. The largest absolute Gasteiger partial charge is 0.480 e. The van der Waals surface area contributed by atoms with E-state index in [1.165, 1.54) is 0 Å². The maximum atomic E-state index is 11.9. The van der Waals surface area contributed by atoms with E-state index in [-0.39, 0.29) is 0 Å². The van der Waals surface area contributed by atoms with Crippen molar-refractivity contribution in [3.05, 3.63) is 41.7 Å². The maximum absolute atomic E-state index is 11.9. The molecule has 0 spiro atoms. The maximum Gasteiger partial charge on any atom is 0.327 e. The van der Waals surface area contributed by atoms with Crippen molar-refractivity contribution in [1.82, 2.24) is 14.5 Å². The molecule has 2 aromatic rings. The zero-order chi connectivity index (χ0) is 16.4. The van der Waals surface area contributed by atoms with Crippen molar-refractivity contribution in [2.45, 2.75) is 13.0 Å². The fourth-order valence-corrected chi connectivity index (χ4v) is 2.99. The summed E-state index contributed by atoms with van der Waals surface area (Å²) >= 11 is 0. The highest BCUT2D eigenvalue weighted by Gasteiger charge is 2.33. The average molecular weight is 315 g/mol. The molecule has 6 nitrogen and oxygen atoms in total. The van der Waals surface area contributed by atoms with E-state index in [0.29, 0.717) is 32.0 Å². The number of carboxylic acid groups (broad SMARTS) is 1. The van der Waals surface area contributed by atoms with Gasteiger partial charge >= 0.3 is 5.97 Å². The fourth-order valence-electron chi connectivity index (χ4n) is 2.99. The van der Waals surface area contributed by atoms with Gasteiger partial charge in [-0.1, -0.05) is 30.3 Å². The molecule has 1 aliphatic heterocycles. The lowest BCUT2D eigenvalue weighted by molar-refractivity contribution is -0.145. The van der Waals surface area contributed by atoms with Crippen LogP contribution in [0.5, 0.6) is 0 Å². The average Bonchev–Trinajstić information content (AvgIpc) is 2.85. The zero-order valence-electron chi connectivity index (χ0n) is 13.4. The molecule has 1 N–H and O–H groups in total. The number of benzene rings is 1. The predicted molar refractivity (Wildman–Crippen MR) is 86.1 cm³/mol. The summed E-state index contributed by atoms with van der Waals surface area (Å²) in [6.07, 6.45) is 0. The number of nitrogens with zero attached hydrogens (tertiary/aromatic N) is 3. The van der Waals surface area contributed by atoms with Gasteiger partial charge in [-0.25, -0.2) is 4.98 Å². The molecule has 1 atom stereocenters. The predicted octanol–water partition coefficient (Wildman–Crippen LogP) is 1.85. The van der Waals surface area contributed by atoms with Crippen molar-refractivity contribution < 1.29 is 14.6 Å². The van der Waals surface area contributed by atoms with E-state index >= 15 is 0 Å². The molecule has 1 fully saturated rings. The summed E-state index contributed by atoms with van der Waals surface area (Å²) in [6, 6.07) is 9.09. The molecule has 3 rings (SSSR count). The Morgan fingerprint density at radius 3 is 2.52 bits per heavy atom. The summed E-state index contributed by atoms with van der Waals surface area (Å²) in [5, 5.41) is 9.74. The van der Waals surface area contributed by atoms with Crippen LogP contribution in [0.4, 0.5) is 0 Å². The monoisotopic (exact) mass is 315 g/mol. The Bertz CT molecular complexity index is 691. The first-order valence-corrected chi connectivity index (χ1v) is 7.73. The highest BCUT2D eigenvalue weighted by atomic mass is 16.5. The van der Waals surface area contributed by atoms with E-state index in [9.17, 15) is 9.90 Å². The van der Waals surface area contributed by atoms with Gasteiger partial charge in [-0.3, -0.25) is 9.69 Å². The van der Waals surface area contributed by atoms with Crippen molar-refractivity contribution in [1.29, 1.82) is 0 Å². The Kier molecular flexibility index (Phi) is 4.45. The molecule has 0 amide bonds. The van der Waals surface area contributed by atoms with Gasteiger partial charge in [-0.05, 0) is 6.92 Å². The Hall–Kier alpha value is -2.18. The molecule has 122 valence electrons. The summed E-state index contributed by atoms with van der Waals surface area (Å²) in [6.45, 7) is 4.24. The minimum atomic E-state index is -0.868. The Labute approximate surface area is 135 Å². The van der Waals surface area contributed by atoms with Crippen LogP contribution in [0.2, 0.25) is 0 Å². The normalized spacial score (nSPS) is 17.1. The zero-order valence-corrected chi connectivity index (χ0v) is 13.4. The molecule has 1 aliphatic rings. The number of morpholine rings is 1. The topological polar surface area (TPSA) is 67.6 Å². The van der Waals surface area contributed by atoms with Gasteiger partial charge in [0.05, 0.1) is 18.9 Å². The van der Waals surface area contributed by atoms with Gasteiger partial charge in [0.1, 0.15) is 5.82 Å². The van der Waals surface area contributed by atoms with Crippen LogP contribution in [0.1, 0.15) is 17.4 Å². The van der Waals surface area contributed by atoms with Crippen LogP contribution in [-0.2, 0) is 16.6 Å². The molecule has 2 heterocycles. The van der Waals surface area contributed by atoms with E-state index in [1.54, 1.807) is 0 Å². The van der Waals surface area contributed by atoms with E-state index < -0.39 is 12.0 Å². The summed E-state index contributed by atoms with van der Waals surface area (Å²) in [4.78, 5) is 18.5. The lowest BCUT2D eigenvalue weighted by Crippen LogP contribution is -2.42. The molecule has 0 saturated carbocycles. The van der Waals surface area contributed by atoms with Gasteiger partial charge in [0.25, 0.3) is 0 Å². The van der Waals surface area contributed by atoms with Crippen molar-refractivity contribution in [3.8, 4) is 11.4 Å². The van der Waals surface area contributed by atoms with Gasteiger partial charge in [0.15, 0.2) is 6.04 Å². The number of hydrogen-bond acceptors (Lipinski definition) is 4. The van der Waals surface area contributed by atoms with E-state index in [1.807, 2.05) is 53.8 Å². The minimum absolute atomic E-state index is 0.557. The van der Waals surface area contributed by atoms with Crippen LogP contribution in [0.3, 0.4) is 0 Å². The first kappa shape index (κ1) is 15.7. The Morgan fingerprint density at radius 2 is 1.91 bits per heavy atom. The van der Waals surface area contributed by atoms with Gasteiger partial charge in [0.2, 0.25) is 0 Å². The first-order chi connectivity index (χ1) is 11.1. The van der Waals surface area contributed by atoms with E-state index in [2.05, 4.69) is 4.98 Å². The summed E-state index contributed by atoms with van der Waals surface area (Å²) < 4.78 is 7.29. The highest BCUT2D eigenvalue weighted by Crippen LogP contribution is 2.28. The van der Waals surface area contributed by atoms with Crippen LogP contribution in [0.25, 0.3) is 11.4 Å². The lowest BCUT2D eigenvalue weighted by atomic mass is 10.1. The molecule has 1 aromatic heterocycles. The number of ether oxygens (including phenoxy) is 1. The van der Waals surface area contributed by atoms with Gasteiger partial charge < -0.3 is 14.4 Å². The van der Waals surface area contributed by atoms with Crippen molar-refractivity contribution in [2.24, 2.45) is 7.05 Å². The molecule has 23 heavy (non-hydrogen) atoms. The molecule has 0 aliphatic carbocycles. The fraction of sp³-hybridized carbons (Fsp3) is 0.412. The summed E-state index contributed by atoms with van der Waals surface area (Å²) in [7, 11) is 1.92. The number of carboxylic acids is 1. The standard InChI is InChI=1S/C17H21N3O3/c1-12-14(15(17(21)22)20-8-10-23-11-9-20)18-16(19(12)2)13-6-4-3-5-7-13/h3-7,15H,8-11H2,1-2H3,(H,21,22). The number of rotatable bonds is 4. The molecule has 0 bridgehead atoms. The quantitative estimate of drug-likeness (QED) is 0.932. The van der Waals surface area contributed by atoms with E-state index in [4.69, 9.17) is 4.74 Å². The second-order valence-corrected chi connectivity index (χ2v) is 5.72. The Morgan fingerprint density at radius 1 is 1.26 bits per heavy atom. The SMILES string of the molecule is Cc1c(C(C(=O)O)N2CCOCC2)nc(-c2ccccc2)n1C. The number of carbonyl (C=O) groups is 1. The first-order valence-electron chi connectivity index (χ1n) is 7.73. The van der Waals surface area contributed by atoms with E-state index in [0.717, 1.165) is 17.1 Å². The molecule has 1 saturated heterocycles.